The third-order valence-electron chi connectivity index (χ3n) is 4.90. The molecule has 1 amide bonds. The van der Waals surface area contributed by atoms with Crippen LogP contribution in [0, 0.1) is 0 Å². The molecule has 28 heavy (non-hydrogen) atoms. The fourth-order valence-corrected chi connectivity index (χ4v) is 3.41. The Kier molecular flexibility index (Phi) is 6.08. The van der Waals surface area contributed by atoms with Gasteiger partial charge in [-0.2, -0.15) is 0 Å². The minimum absolute atomic E-state index is 0.0454. The fourth-order valence-electron chi connectivity index (χ4n) is 3.41. The molecule has 0 unspecified atom stereocenters. The second kappa shape index (κ2) is 8.69. The smallest absolute Gasteiger partial charge is 0.328 e. The van der Waals surface area contributed by atoms with Crippen LogP contribution in [-0.4, -0.2) is 34.9 Å². The number of fused-ring (bicyclic) bond motifs is 1. The second-order valence-electron chi connectivity index (χ2n) is 6.73. The summed E-state index contributed by atoms with van der Waals surface area (Å²) in [4.78, 5) is 50.8. The van der Waals surface area contributed by atoms with Gasteiger partial charge in [0.2, 0.25) is 5.91 Å². The summed E-state index contributed by atoms with van der Waals surface area (Å²) in [6, 6.07) is 6.71. The van der Waals surface area contributed by atoms with E-state index in [2.05, 4.69) is 10.3 Å². The van der Waals surface area contributed by atoms with Crippen LogP contribution in [-0.2, 0) is 24.2 Å². The van der Waals surface area contributed by atoms with E-state index in [1.807, 2.05) is 0 Å². The molecule has 1 aliphatic carbocycles. The predicted octanol–water partition coefficient (Wildman–Crippen LogP) is 0.813. The molecular weight excluding hydrogens is 362 g/mol. The topological polar surface area (TPSA) is 110 Å². The van der Waals surface area contributed by atoms with Crippen LogP contribution >= 0.6 is 0 Å². The average molecular weight is 385 g/mol. The summed E-state index contributed by atoms with van der Waals surface area (Å²) in [5.41, 5.74) is 0.987. The zero-order valence-electron chi connectivity index (χ0n) is 15.7. The maximum Gasteiger partial charge on any atom is 0.328 e. The molecule has 0 radical (unpaired) electrons. The zero-order chi connectivity index (χ0) is 20.1. The van der Waals surface area contributed by atoms with Crippen molar-refractivity contribution in [3.05, 3.63) is 61.9 Å². The molecule has 1 aliphatic rings. The first kappa shape index (κ1) is 19.6. The summed E-state index contributed by atoms with van der Waals surface area (Å²) in [6.07, 6.45) is 3.18. The lowest BCUT2D eigenvalue weighted by Crippen LogP contribution is -2.38. The van der Waals surface area contributed by atoms with E-state index in [1.165, 1.54) is 11.7 Å². The number of carbonyl (C=O) groups excluding carboxylic acids is 2. The highest BCUT2D eigenvalue weighted by Gasteiger charge is 2.18. The Bertz CT molecular complexity index is 1010. The van der Waals surface area contributed by atoms with Crippen LogP contribution in [0.4, 0.5) is 0 Å². The molecule has 0 atom stereocenters. The van der Waals surface area contributed by atoms with Crippen molar-refractivity contribution in [2.75, 3.05) is 13.7 Å². The summed E-state index contributed by atoms with van der Waals surface area (Å²) in [5, 5.41) is 2.58. The Morgan fingerprint density at radius 3 is 2.79 bits per heavy atom. The highest BCUT2D eigenvalue weighted by atomic mass is 16.5. The molecule has 0 saturated carbocycles. The van der Waals surface area contributed by atoms with Gasteiger partial charge in [-0.1, -0.05) is 12.1 Å². The van der Waals surface area contributed by atoms with E-state index in [0.717, 1.165) is 18.5 Å². The van der Waals surface area contributed by atoms with E-state index >= 15 is 0 Å². The van der Waals surface area contributed by atoms with Crippen molar-refractivity contribution in [3.8, 4) is 5.75 Å². The molecule has 2 N–H and O–H groups in total. The summed E-state index contributed by atoms with van der Waals surface area (Å²) in [6.45, 7) is 0.0295. The number of amides is 1. The van der Waals surface area contributed by atoms with E-state index in [9.17, 15) is 19.2 Å². The molecule has 0 saturated heterocycles. The Hall–Kier alpha value is -3.16. The van der Waals surface area contributed by atoms with Crippen molar-refractivity contribution < 1.29 is 14.3 Å². The summed E-state index contributed by atoms with van der Waals surface area (Å²) in [7, 11) is 1.52. The van der Waals surface area contributed by atoms with Crippen LogP contribution in [0.1, 0.15) is 40.9 Å². The van der Waals surface area contributed by atoms with Crippen molar-refractivity contribution in [2.45, 2.75) is 38.6 Å². The highest BCUT2D eigenvalue weighted by molar-refractivity contribution is 5.99. The number of hydrogen-bond donors (Lipinski definition) is 2. The third-order valence-corrected chi connectivity index (χ3v) is 4.90. The predicted molar refractivity (Wildman–Crippen MR) is 103 cm³/mol. The van der Waals surface area contributed by atoms with Gasteiger partial charge in [0.1, 0.15) is 5.75 Å². The molecule has 3 rings (SSSR count). The second-order valence-corrected chi connectivity index (χ2v) is 6.73. The number of methoxy groups -OCH3 is 1. The monoisotopic (exact) mass is 385 g/mol. The maximum absolute atomic E-state index is 12.2. The van der Waals surface area contributed by atoms with Gasteiger partial charge in [-0.15, -0.1) is 0 Å². The first-order valence-corrected chi connectivity index (χ1v) is 9.28. The van der Waals surface area contributed by atoms with Gasteiger partial charge < -0.3 is 10.1 Å². The van der Waals surface area contributed by atoms with Gasteiger partial charge in [0.15, 0.2) is 5.78 Å². The Morgan fingerprint density at radius 1 is 1.21 bits per heavy atom. The Balaban J connectivity index is 1.60. The number of ether oxygens (including phenoxy) is 1. The normalized spacial score (nSPS) is 12.9. The average Bonchev–Trinajstić information content (AvgIpc) is 2.71. The lowest BCUT2D eigenvalue weighted by Gasteiger charge is -2.19. The molecular formula is C20H23N3O5. The Morgan fingerprint density at radius 2 is 2.00 bits per heavy atom. The number of Topliss-reactive ketones (excluding diaryl/α,β-unsaturated/α-hetero) is 1. The first-order valence-electron chi connectivity index (χ1n) is 9.28. The molecule has 0 fully saturated rings. The van der Waals surface area contributed by atoms with Crippen LogP contribution in [0.5, 0.6) is 5.75 Å². The van der Waals surface area contributed by atoms with Crippen LogP contribution < -0.4 is 21.3 Å². The maximum atomic E-state index is 12.2. The number of hydrogen-bond acceptors (Lipinski definition) is 5. The number of nitrogens with one attached hydrogen (secondary N) is 2. The molecule has 0 aliphatic heterocycles. The SMILES string of the molecule is COc1cccc(C(=O)CNC(=O)CCn2c3c(c(=O)[nH]c2=O)CCCC3)c1. The zero-order valence-corrected chi connectivity index (χ0v) is 15.7. The van der Waals surface area contributed by atoms with E-state index in [4.69, 9.17) is 4.74 Å². The standard InChI is InChI=1S/C20H23N3O5/c1-28-14-6-4-5-13(11-14)17(24)12-21-18(25)9-10-23-16-8-3-2-7-15(16)19(26)22-20(23)27/h4-6,11H,2-3,7-10,12H2,1H3,(H,21,25)(H,22,26,27). The van der Waals surface area contributed by atoms with Crippen LogP contribution in [0.2, 0.25) is 0 Å². The molecule has 0 bridgehead atoms. The highest BCUT2D eigenvalue weighted by Crippen LogP contribution is 2.16. The van der Waals surface area contributed by atoms with Crippen LogP contribution in [0.15, 0.2) is 33.9 Å². The molecule has 1 heterocycles. The van der Waals surface area contributed by atoms with E-state index in [0.29, 0.717) is 29.7 Å². The summed E-state index contributed by atoms with van der Waals surface area (Å²) in [5.74, 6) is 0.00383. The summed E-state index contributed by atoms with van der Waals surface area (Å²) < 4.78 is 6.56. The van der Waals surface area contributed by atoms with Crippen molar-refractivity contribution >= 4 is 11.7 Å². The molecule has 2 aromatic rings. The first-order chi connectivity index (χ1) is 13.5. The van der Waals surface area contributed by atoms with Crippen molar-refractivity contribution in [2.24, 2.45) is 0 Å². The quantitative estimate of drug-likeness (QED) is 0.686. The number of rotatable bonds is 7. The van der Waals surface area contributed by atoms with Gasteiger partial charge in [-0.25, -0.2) is 4.79 Å². The molecule has 0 spiro atoms. The van der Waals surface area contributed by atoms with Crippen molar-refractivity contribution in [1.82, 2.24) is 14.9 Å². The number of aromatic nitrogens is 2. The molecule has 8 heteroatoms. The number of carbonyl (C=O) groups is 2. The minimum Gasteiger partial charge on any atom is -0.497 e. The van der Waals surface area contributed by atoms with Gasteiger partial charge >= 0.3 is 5.69 Å². The van der Waals surface area contributed by atoms with E-state index in [-0.39, 0.29) is 36.8 Å². The van der Waals surface area contributed by atoms with Gasteiger partial charge in [0.25, 0.3) is 5.56 Å². The molecule has 1 aromatic heterocycles. The van der Waals surface area contributed by atoms with E-state index in [1.54, 1.807) is 24.3 Å². The number of nitrogens with zero attached hydrogens (tertiary/aromatic N) is 1. The van der Waals surface area contributed by atoms with Gasteiger partial charge in [-0.3, -0.25) is 23.9 Å². The molecule has 148 valence electrons. The third kappa shape index (κ3) is 4.39. The van der Waals surface area contributed by atoms with Crippen LogP contribution in [0.25, 0.3) is 0 Å². The number of H-pyrrole nitrogens is 1. The number of ketones is 1. The largest absolute Gasteiger partial charge is 0.497 e. The minimum atomic E-state index is -0.495. The fraction of sp³-hybridized carbons (Fsp3) is 0.400. The lowest BCUT2D eigenvalue weighted by molar-refractivity contribution is -0.121. The molecule has 1 aromatic carbocycles. The van der Waals surface area contributed by atoms with Crippen molar-refractivity contribution in [1.29, 1.82) is 0 Å². The van der Waals surface area contributed by atoms with Gasteiger partial charge in [0, 0.05) is 29.8 Å². The van der Waals surface area contributed by atoms with Crippen molar-refractivity contribution in [3.63, 3.8) is 0 Å². The van der Waals surface area contributed by atoms with Gasteiger partial charge in [-0.05, 0) is 37.8 Å². The summed E-state index contributed by atoms with van der Waals surface area (Å²) >= 11 is 0. The number of aromatic amines is 1. The number of benzene rings is 1. The molecule has 8 nitrogen and oxygen atoms in total. The van der Waals surface area contributed by atoms with Gasteiger partial charge in [0.05, 0.1) is 13.7 Å². The van der Waals surface area contributed by atoms with E-state index < -0.39 is 5.69 Å². The lowest BCUT2D eigenvalue weighted by atomic mass is 9.97. The Labute approximate surface area is 161 Å². The van der Waals surface area contributed by atoms with Crippen LogP contribution in [0.3, 0.4) is 0 Å².